The molecule has 5 rings (SSSR count). The van der Waals surface area contributed by atoms with Gasteiger partial charge in [0, 0.05) is 17.8 Å². The summed E-state index contributed by atoms with van der Waals surface area (Å²) in [5, 5.41) is 11.1. The van der Waals surface area contributed by atoms with Gasteiger partial charge >= 0.3 is 0 Å². The number of Topliss-reactive ketones (excluding diaryl/α,β-unsaturated/α-hetero) is 1. The number of carbonyl (C=O) groups is 1. The summed E-state index contributed by atoms with van der Waals surface area (Å²) in [7, 11) is 0. The van der Waals surface area contributed by atoms with Gasteiger partial charge in [-0.2, -0.15) is 0 Å². The van der Waals surface area contributed by atoms with Crippen molar-refractivity contribution in [2.45, 2.75) is 112 Å². The Kier molecular flexibility index (Phi) is 4.87. The van der Waals surface area contributed by atoms with Gasteiger partial charge in [-0.15, -0.1) is 0 Å². The van der Waals surface area contributed by atoms with Crippen LogP contribution in [0.1, 0.15) is 106 Å². The Morgan fingerprint density at radius 1 is 0.906 bits per heavy atom. The number of aliphatic hydroxyl groups is 1. The van der Waals surface area contributed by atoms with E-state index in [1.54, 1.807) is 0 Å². The third-order valence-electron chi connectivity index (χ3n) is 13.2. The van der Waals surface area contributed by atoms with Crippen LogP contribution in [0.15, 0.2) is 12.2 Å². The van der Waals surface area contributed by atoms with Gasteiger partial charge < -0.3 is 5.11 Å². The smallest absolute Gasteiger partial charge is 0.138 e. The highest BCUT2D eigenvalue weighted by Crippen LogP contribution is 2.77. The van der Waals surface area contributed by atoms with Crippen LogP contribution in [0.3, 0.4) is 0 Å². The van der Waals surface area contributed by atoms with E-state index in [0.717, 1.165) is 19.3 Å². The molecule has 10 atom stereocenters. The molecule has 0 amide bonds. The number of ketones is 1. The molecule has 0 aromatic rings. The fourth-order valence-corrected chi connectivity index (χ4v) is 11.4. The van der Waals surface area contributed by atoms with Crippen LogP contribution < -0.4 is 0 Å². The van der Waals surface area contributed by atoms with Gasteiger partial charge in [-0.3, -0.25) is 4.79 Å². The van der Waals surface area contributed by atoms with Crippen LogP contribution in [0.4, 0.5) is 0 Å². The molecule has 5 aliphatic carbocycles. The number of hydrogen-bond donors (Lipinski definition) is 1. The van der Waals surface area contributed by atoms with Gasteiger partial charge in [0.1, 0.15) is 5.78 Å². The predicted octanol–water partition coefficient (Wildman–Crippen LogP) is 7.20. The van der Waals surface area contributed by atoms with Gasteiger partial charge in [-0.1, -0.05) is 53.7 Å². The van der Waals surface area contributed by atoms with Gasteiger partial charge in [0.2, 0.25) is 0 Å². The molecule has 0 spiro atoms. The van der Waals surface area contributed by atoms with Crippen LogP contribution in [0, 0.1) is 56.7 Å². The van der Waals surface area contributed by atoms with Crippen molar-refractivity contribution in [2.24, 2.45) is 56.7 Å². The first-order chi connectivity index (χ1) is 14.7. The van der Waals surface area contributed by atoms with Crippen molar-refractivity contribution >= 4 is 5.78 Å². The molecular weight excluding hydrogens is 392 g/mol. The van der Waals surface area contributed by atoms with Crippen LogP contribution in [0.5, 0.6) is 0 Å². The van der Waals surface area contributed by atoms with Crippen molar-refractivity contribution in [3.63, 3.8) is 0 Å². The second-order valence-electron chi connectivity index (χ2n) is 14.6. The number of carbonyl (C=O) groups excluding carboxylic acids is 1. The summed E-state index contributed by atoms with van der Waals surface area (Å²) >= 11 is 0. The molecule has 0 aromatic heterocycles. The van der Waals surface area contributed by atoms with E-state index in [4.69, 9.17) is 0 Å². The maximum Gasteiger partial charge on any atom is 0.138 e. The lowest BCUT2D eigenvalue weighted by molar-refractivity contribution is -0.232. The minimum Gasteiger partial charge on any atom is -0.392 e. The molecule has 5 aliphatic rings. The first-order valence-corrected chi connectivity index (χ1v) is 13.6. The lowest BCUT2D eigenvalue weighted by atomic mass is 9.32. The summed E-state index contributed by atoms with van der Waals surface area (Å²) < 4.78 is 0. The molecule has 32 heavy (non-hydrogen) atoms. The molecular formula is C30H48O2. The monoisotopic (exact) mass is 440 g/mol. The number of rotatable bonds is 1. The van der Waals surface area contributed by atoms with E-state index < -0.39 is 0 Å². The number of aliphatic hydroxyl groups excluding tert-OH is 1. The third-order valence-corrected chi connectivity index (χ3v) is 13.2. The summed E-state index contributed by atoms with van der Waals surface area (Å²) in [6.07, 6.45) is 10.2. The average Bonchev–Trinajstić information content (AvgIpc) is 2.96. The zero-order chi connectivity index (χ0) is 23.5. The van der Waals surface area contributed by atoms with E-state index >= 15 is 0 Å². The molecule has 1 N–H and O–H groups in total. The van der Waals surface area contributed by atoms with Gasteiger partial charge in [-0.25, -0.2) is 0 Å². The maximum absolute atomic E-state index is 12.9. The lowest BCUT2D eigenvalue weighted by Crippen LogP contribution is -2.66. The fourth-order valence-electron chi connectivity index (χ4n) is 11.4. The zero-order valence-electron chi connectivity index (χ0n) is 21.9. The molecule has 10 unspecified atom stereocenters. The van der Waals surface area contributed by atoms with E-state index in [9.17, 15) is 9.90 Å². The zero-order valence-corrected chi connectivity index (χ0v) is 21.9. The standard InChI is InChI=1S/C30H48O2/c1-18(2)24-20(31)17-27(5)15-16-29(7)19(25(24)27)9-10-22-28(6)13-12-23(32)26(3,4)21(28)11-14-30(22,29)8/h19-22,24-25,31H,1,9-17H2,2-8H3. The number of hydrogen-bond acceptors (Lipinski definition) is 2. The Morgan fingerprint density at radius 2 is 1.59 bits per heavy atom. The molecule has 2 heteroatoms. The Balaban J connectivity index is 1.56. The molecule has 0 bridgehead atoms. The Morgan fingerprint density at radius 3 is 2.25 bits per heavy atom. The minimum absolute atomic E-state index is 0.169. The molecule has 5 saturated carbocycles. The lowest BCUT2D eigenvalue weighted by Gasteiger charge is -2.72. The highest BCUT2D eigenvalue weighted by atomic mass is 16.3. The average molecular weight is 441 g/mol. The molecule has 0 radical (unpaired) electrons. The topological polar surface area (TPSA) is 37.3 Å². The largest absolute Gasteiger partial charge is 0.392 e. The summed E-state index contributed by atoms with van der Waals surface area (Å²) in [5.41, 5.74) is 2.21. The molecule has 0 saturated heterocycles. The van der Waals surface area contributed by atoms with Crippen molar-refractivity contribution in [3.8, 4) is 0 Å². The first kappa shape index (κ1) is 23.1. The Hall–Kier alpha value is -0.630. The molecule has 0 aromatic carbocycles. The van der Waals surface area contributed by atoms with E-state index in [0.29, 0.717) is 40.3 Å². The molecule has 5 fully saturated rings. The normalized spacial score (nSPS) is 56.6. The molecule has 180 valence electrons. The summed E-state index contributed by atoms with van der Waals surface area (Å²) in [4.78, 5) is 12.9. The minimum atomic E-state index is -0.214. The Bertz CT molecular complexity index is 842. The van der Waals surface area contributed by atoms with Crippen LogP contribution >= 0.6 is 0 Å². The third kappa shape index (κ3) is 2.60. The fraction of sp³-hybridized carbons (Fsp3) is 0.900. The molecule has 0 heterocycles. The summed E-state index contributed by atoms with van der Waals surface area (Å²) in [6, 6.07) is 0. The van der Waals surface area contributed by atoms with Crippen LogP contribution in [0.2, 0.25) is 0 Å². The van der Waals surface area contributed by atoms with E-state index in [-0.39, 0.29) is 28.3 Å². The molecule has 0 aliphatic heterocycles. The summed E-state index contributed by atoms with van der Waals surface area (Å²) in [6.45, 7) is 21.4. The van der Waals surface area contributed by atoms with Crippen molar-refractivity contribution in [2.75, 3.05) is 0 Å². The van der Waals surface area contributed by atoms with Crippen molar-refractivity contribution in [3.05, 3.63) is 12.2 Å². The molecule has 2 nitrogen and oxygen atoms in total. The van der Waals surface area contributed by atoms with E-state index in [1.807, 2.05) is 0 Å². The van der Waals surface area contributed by atoms with Crippen LogP contribution in [-0.2, 0) is 4.79 Å². The van der Waals surface area contributed by atoms with E-state index in [2.05, 4.69) is 55.0 Å². The highest BCUT2D eigenvalue weighted by Gasteiger charge is 2.71. The van der Waals surface area contributed by atoms with Crippen molar-refractivity contribution < 1.29 is 9.90 Å². The Labute approximate surface area is 197 Å². The van der Waals surface area contributed by atoms with Gasteiger partial charge in [0.15, 0.2) is 0 Å². The van der Waals surface area contributed by atoms with Gasteiger partial charge in [-0.05, 0) is 104 Å². The maximum atomic E-state index is 12.9. The quantitative estimate of drug-likeness (QED) is 0.438. The van der Waals surface area contributed by atoms with Crippen molar-refractivity contribution in [1.82, 2.24) is 0 Å². The van der Waals surface area contributed by atoms with E-state index in [1.165, 1.54) is 44.1 Å². The highest BCUT2D eigenvalue weighted by molar-refractivity contribution is 5.85. The van der Waals surface area contributed by atoms with Crippen LogP contribution in [-0.4, -0.2) is 17.0 Å². The SMILES string of the molecule is C=C(C)C1C(O)CC2(C)CCC3(C)C(CCC4C5(C)CCC(=O)C(C)(C)C5CCC43C)C12. The first-order valence-electron chi connectivity index (χ1n) is 13.6. The van der Waals surface area contributed by atoms with Crippen LogP contribution in [0.25, 0.3) is 0 Å². The summed E-state index contributed by atoms with van der Waals surface area (Å²) in [5.74, 6) is 3.26. The second kappa shape index (κ2) is 6.73. The van der Waals surface area contributed by atoms with Gasteiger partial charge in [0.05, 0.1) is 6.10 Å². The number of fused-ring (bicyclic) bond motifs is 7. The predicted molar refractivity (Wildman–Crippen MR) is 131 cm³/mol. The van der Waals surface area contributed by atoms with Gasteiger partial charge in [0.25, 0.3) is 0 Å². The second-order valence-corrected chi connectivity index (χ2v) is 14.6. The van der Waals surface area contributed by atoms with Crippen molar-refractivity contribution in [1.29, 1.82) is 0 Å².